The lowest BCUT2D eigenvalue weighted by molar-refractivity contribution is -0.126. The van der Waals surface area contributed by atoms with Gasteiger partial charge in [0.2, 0.25) is 15.9 Å². The highest BCUT2D eigenvalue weighted by Gasteiger charge is 2.33. The van der Waals surface area contributed by atoms with E-state index >= 15 is 0 Å². The van der Waals surface area contributed by atoms with Crippen LogP contribution < -0.4 is 5.32 Å². The first-order valence-electron chi connectivity index (χ1n) is 9.89. The maximum Gasteiger partial charge on any atom is 0.243 e. The number of benzene rings is 2. The Hall–Kier alpha value is -1.77. The minimum absolute atomic E-state index is 0.133. The molecular weight excluding hydrogens is 471 g/mol. The van der Waals surface area contributed by atoms with Crippen LogP contribution in [-0.4, -0.2) is 31.7 Å². The SMILES string of the molecule is Cc1cc(C)c(S(=O)(=O)N2CCC(C(=O)NCc3cc(F)ccc3Br)CC2)c(C)c1. The summed E-state index contributed by atoms with van der Waals surface area (Å²) in [4.78, 5) is 12.9. The summed E-state index contributed by atoms with van der Waals surface area (Å²) < 4.78 is 42.0. The number of nitrogens with one attached hydrogen (secondary N) is 1. The van der Waals surface area contributed by atoms with Gasteiger partial charge >= 0.3 is 0 Å². The first-order valence-corrected chi connectivity index (χ1v) is 12.1. The predicted molar refractivity (Wildman–Crippen MR) is 118 cm³/mol. The van der Waals surface area contributed by atoms with Gasteiger partial charge in [-0.05, 0) is 68.5 Å². The number of halogens is 2. The maximum atomic E-state index is 13.4. The molecule has 1 saturated heterocycles. The molecule has 5 nitrogen and oxygen atoms in total. The van der Waals surface area contributed by atoms with Gasteiger partial charge in [-0.15, -0.1) is 0 Å². The fraction of sp³-hybridized carbons (Fsp3) is 0.409. The van der Waals surface area contributed by atoms with E-state index < -0.39 is 10.0 Å². The van der Waals surface area contributed by atoms with Gasteiger partial charge in [0.05, 0.1) is 4.90 Å². The molecule has 0 radical (unpaired) electrons. The summed E-state index contributed by atoms with van der Waals surface area (Å²) in [6.07, 6.45) is 0.915. The third-order valence-corrected chi connectivity index (χ3v) is 8.47. The molecule has 1 fully saturated rings. The molecule has 1 aliphatic rings. The van der Waals surface area contributed by atoms with Gasteiger partial charge in [0.1, 0.15) is 5.82 Å². The van der Waals surface area contributed by atoms with E-state index in [9.17, 15) is 17.6 Å². The number of rotatable bonds is 5. The maximum absolute atomic E-state index is 13.4. The average Bonchev–Trinajstić information content (AvgIpc) is 2.67. The summed E-state index contributed by atoms with van der Waals surface area (Å²) in [5.74, 6) is -0.752. The lowest BCUT2D eigenvalue weighted by atomic mass is 9.97. The number of nitrogens with zero attached hydrogens (tertiary/aromatic N) is 1. The first kappa shape index (κ1) is 22.9. The number of hydrogen-bond acceptors (Lipinski definition) is 3. The third-order valence-electron chi connectivity index (χ3n) is 5.49. The van der Waals surface area contributed by atoms with Crippen LogP contribution in [0.25, 0.3) is 0 Å². The Kier molecular flexibility index (Phi) is 6.99. The van der Waals surface area contributed by atoms with Gasteiger partial charge in [-0.25, -0.2) is 12.8 Å². The van der Waals surface area contributed by atoms with Crippen LogP contribution in [-0.2, 0) is 21.4 Å². The molecule has 1 N–H and O–H groups in total. The number of carbonyl (C=O) groups excluding carboxylic acids is 1. The van der Waals surface area contributed by atoms with E-state index in [2.05, 4.69) is 21.2 Å². The smallest absolute Gasteiger partial charge is 0.243 e. The van der Waals surface area contributed by atoms with Gasteiger partial charge in [0.15, 0.2) is 0 Å². The van der Waals surface area contributed by atoms with Crippen LogP contribution in [0, 0.1) is 32.5 Å². The zero-order chi connectivity index (χ0) is 22.1. The molecule has 8 heteroatoms. The minimum Gasteiger partial charge on any atom is -0.352 e. The normalized spacial score (nSPS) is 15.9. The summed E-state index contributed by atoms with van der Waals surface area (Å²) in [6.45, 7) is 6.41. The first-order chi connectivity index (χ1) is 14.1. The summed E-state index contributed by atoms with van der Waals surface area (Å²) in [7, 11) is -3.60. The predicted octanol–water partition coefficient (Wildman–Crippen LogP) is 4.23. The molecule has 1 aliphatic heterocycles. The number of amides is 1. The van der Waals surface area contributed by atoms with Crippen LogP contribution in [0.5, 0.6) is 0 Å². The van der Waals surface area contributed by atoms with Crippen molar-refractivity contribution in [2.75, 3.05) is 13.1 Å². The van der Waals surface area contributed by atoms with Gasteiger partial charge in [-0.3, -0.25) is 4.79 Å². The molecule has 1 heterocycles. The number of piperidine rings is 1. The second-order valence-electron chi connectivity index (χ2n) is 7.86. The molecule has 0 aromatic heterocycles. The van der Waals surface area contributed by atoms with Gasteiger partial charge in [0.25, 0.3) is 0 Å². The highest BCUT2D eigenvalue weighted by molar-refractivity contribution is 9.10. The molecule has 162 valence electrons. The van der Waals surface area contributed by atoms with Crippen molar-refractivity contribution in [3.63, 3.8) is 0 Å². The van der Waals surface area contributed by atoms with E-state index in [1.165, 1.54) is 16.4 Å². The van der Waals surface area contributed by atoms with Crippen molar-refractivity contribution in [3.8, 4) is 0 Å². The molecule has 0 aliphatic carbocycles. The standard InChI is InChI=1S/C22H26BrFN2O3S/c1-14-10-15(2)21(16(3)11-14)30(28,29)26-8-6-17(7-9-26)22(27)25-13-18-12-19(24)4-5-20(18)23/h4-5,10-12,17H,6-9,13H2,1-3H3,(H,25,27). The van der Waals surface area contributed by atoms with Gasteiger partial charge in [-0.2, -0.15) is 4.31 Å². The minimum atomic E-state index is -3.60. The van der Waals surface area contributed by atoms with Crippen molar-refractivity contribution in [1.29, 1.82) is 0 Å². The summed E-state index contributed by atoms with van der Waals surface area (Å²) >= 11 is 3.35. The Morgan fingerprint density at radius 2 is 1.73 bits per heavy atom. The van der Waals surface area contributed by atoms with E-state index in [-0.39, 0.29) is 24.2 Å². The van der Waals surface area contributed by atoms with Crippen LogP contribution in [0.3, 0.4) is 0 Å². The van der Waals surface area contributed by atoms with Crippen molar-refractivity contribution in [1.82, 2.24) is 9.62 Å². The molecule has 0 bridgehead atoms. The summed E-state index contributed by atoms with van der Waals surface area (Å²) in [5.41, 5.74) is 3.18. The fourth-order valence-corrected chi connectivity index (χ4v) is 6.33. The van der Waals surface area contributed by atoms with Crippen LogP contribution in [0.15, 0.2) is 39.7 Å². The lowest BCUT2D eigenvalue weighted by Gasteiger charge is -2.31. The van der Waals surface area contributed by atoms with Gasteiger partial charge in [0, 0.05) is 30.0 Å². The largest absolute Gasteiger partial charge is 0.352 e. The monoisotopic (exact) mass is 496 g/mol. The molecule has 1 amide bonds. The van der Waals surface area contributed by atoms with E-state index in [4.69, 9.17) is 0 Å². The van der Waals surface area contributed by atoms with Crippen molar-refractivity contribution in [3.05, 3.63) is 62.9 Å². The molecule has 0 unspecified atom stereocenters. The van der Waals surface area contributed by atoms with E-state index in [1.807, 2.05) is 32.9 Å². The average molecular weight is 497 g/mol. The van der Waals surface area contributed by atoms with Crippen molar-refractivity contribution in [2.24, 2.45) is 5.92 Å². The van der Waals surface area contributed by atoms with Crippen LogP contribution in [0.2, 0.25) is 0 Å². The topological polar surface area (TPSA) is 66.5 Å². The van der Waals surface area contributed by atoms with Crippen molar-refractivity contribution < 1.29 is 17.6 Å². The molecule has 0 spiro atoms. The van der Waals surface area contributed by atoms with Crippen molar-refractivity contribution >= 4 is 31.9 Å². The fourth-order valence-electron chi connectivity index (χ4n) is 4.07. The number of sulfonamides is 1. The van der Waals surface area contributed by atoms with E-state index in [0.717, 1.165) is 21.2 Å². The molecular formula is C22H26BrFN2O3S. The Labute approximate surface area is 185 Å². The van der Waals surface area contributed by atoms with Crippen LogP contribution in [0.1, 0.15) is 35.1 Å². The Bertz CT molecular complexity index is 1040. The Balaban J connectivity index is 1.63. The molecule has 2 aromatic rings. The highest BCUT2D eigenvalue weighted by Crippen LogP contribution is 2.29. The highest BCUT2D eigenvalue weighted by atomic mass is 79.9. The Morgan fingerprint density at radius 1 is 1.13 bits per heavy atom. The van der Waals surface area contributed by atoms with Crippen molar-refractivity contribution in [2.45, 2.75) is 45.1 Å². The molecule has 0 atom stereocenters. The van der Waals surface area contributed by atoms with Gasteiger partial charge in [-0.1, -0.05) is 33.6 Å². The molecule has 2 aromatic carbocycles. The van der Waals surface area contributed by atoms with E-state index in [0.29, 0.717) is 36.4 Å². The number of aryl methyl sites for hydroxylation is 3. The summed E-state index contributed by atoms with van der Waals surface area (Å²) in [5, 5.41) is 2.84. The molecule has 3 rings (SSSR count). The second-order valence-corrected chi connectivity index (χ2v) is 10.6. The lowest BCUT2D eigenvalue weighted by Crippen LogP contribution is -2.43. The van der Waals surface area contributed by atoms with Crippen LogP contribution in [0.4, 0.5) is 4.39 Å². The van der Waals surface area contributed by atoms with Gasteiger partial charge < -0.3 is 5.32 Å². The second kappa shape index (κ2) is 9.16. The van der Waals surface area contributed by atoms with Crippen LogP contribution >= 0.6 is 15.9 Å². The Morgan fingerprint density at radius 3 is 2.33 bits per heavy atom. The summed E-state index contributed by atoms with van der Waals surface area (Å²) in [6, 6.07) is 8.10. The zero-order valence-electron chi connectivity index (χ0n) is 17.3. The van der Waals surface area contributed by atoms with E-state index in [1.54, 1.807) is 6.07 Å². The zero-order valence-corrected chi connectivity index (χ0v) is 19.7. The third kappa shape index (κ3) is 4.92. The number of carbonyl (C=O) groups is 1. The molecule has 30 heavy (non-hydrogen) atoms. The quantitative estimate of drug-likeness (QED) is 0.673. The number of hydrogen-bond donors (Lipinski definition) is 1. The molecule has 0 saturated carbocycles.